The summed E-state index contributed by atoms with van der Waals surface area (Å²) in [4.78, 5) is 15.0. The van der Waals surface area contributed by atoms with Gasteiger partial charge in [-0.2, -0.15) is 5.26 Å². The van der Waals surface area contributed by atoms with E-state index in [1.54, 1.807) is 0 Å². The first-order chi connectivity index (χ1) is 8.17. The van der Waals surface area contributed by atoms with Crippen molar-refractivity contribution in [3.05, 3.63) is 45.7 Å². The number of nitriles is 1. The first-order valence-electron chi connectivity index (χ1n) is 5.72. The number of pyridine rings is 1. The Labute approximate surface area is 99.7 Å². The van der Waals surface area contributed by atoms with E-state index < -0.39 is 0 Å². The first-order valence-corrected chi connectivity index (χ1v) is 5.72. The van der Waals surface area contributed by atoms with Crippen molar-refractivity contribution in [2.24, 2.45) is 0 Å². The minimum Gasteiger partial charge on any atom is -0.360 e. The van der Waals surface area contributed by atoms with Gasteiger partial charge in [-0.25, -0.2) is 0 Å². The molecule has 0 spiro atoms. The summed E-state index contributed by atoms with van der Waals surface area (Å²) < 4.78 is 0. The molecule has 0 fully saturated rings. The second-order valence-electron chi connectivity index (χ2n) is 4.26. The monoisotopic (exact) mass is 226 g/mol. The number of hydrogen-bond donors (Lipinski definition) is 1. The molecule has 0 amide bonds. The summed E-state index contributed by atoms with van der Waals surface area (Å²) in [5.41, 5.74) is 1.90. The maximum absolute atomic E-state index is 12.0. The van der Waals surface area contributed by atoms with E-state index in [9.17, 15) is 4.79 Å². The predicted octanol–water partition coefficient (Wildman–Crippen LogP) is 2.91. The van der Waals surface area contributed by atoms with Gasteiger partial charge in [0.25, 0.3) is 0 Å². The lowest BCUT2D eigenvalue weighted by Crippen LogP contribution is -2.07. The second-order valence-corrected chi connectivity index (χ2v) is 4.26. The fourth-order valence-corrected chi connectivity index (χ4v) is 1.86. The highest BCUT2D eigenvalue weighted by atomic mass is 16.1. The van der Waals surface area contributed by atoms with Gasteiger partial charge < -0.3 is 4.98 Å². The van der Waals surface area contributed by atoms with Gasteiger partial charge in [0.05, 0.1) is 0 Å². The fourth-order valence-electron chi connectivity index (χ4n) is 1.86. The summed E-state index contributed by atoms with van der Waals surface area (Å²) in [6.45, 7) is 4.24. The van der Waals surface area contributed by atoms with Crippen LogP contribution in [0.15, 0.2) is 29.2 Å². The largest absolute Gasteiger partial charge is 0.360 e. The fraction of sp³-hybridized carbons (Fsp3) is 0.286. The summed E-state index contributed by atoms with van der Waals surface area (Å²) in [5, 5.41) is 9.43. The zero-order valence-corrected chi connectivity index (χ0v) is 9.95. The quantitative estimate of drug-likeness (QED) is 0.855. The van der Waals surface area contributed by atoms with Gasteiger partial charge in [0.1, 0.15) is 11.6 Å². The van der Waals surface area contributed by atoms with E-state index in [-0.39, 0.29) is 11.0 Å². The van der Waals surface area contributed by atoms with Crippen LogP contribution < -0.4 is 5.43 Å². The zero-order valence-electron chi connectivity index (χ0n) is 9.95. The van der Waals surface area contributed by atoms with Crippen LogP contribution in [0.5, 0.6) is 0 Å². The summed E-state index contributed by atoms with van der Waals surface area (Å²) in [6.07, 6.45) is 2.49. The number of rotatable bonds is 2. The Bertz CT molecular complexity index is 649. The van der Waals surface area contributed by atoms with Crippen molar-refractivity contribution in [1.29, 1.82) is 5.26 Å². The van der Waals surface area contributed by atoms with Gasteiger partial charge in [0, 0.05) is 17.1 Å². The lowest BCUT2D eigenvalue weighted by Gasteiger charge is -2.09. The standard InChI is InChI=1S/C14H14N2O/c1-3-9(2)10-4-5-13-12(6-10)14(17)11(7-15)8-16-13/h4-6,8-9H,3H2,1-2H3,(H,16,17). The van der Waals surface area contributed by atoms with E-state index >= 15 is 0 Å². The van der Waals surface area contributed by atoms with Crippen molar-refractivity contribution in [2.45, 2.75) is 26.2 Å². The van der Waals surface area contributed by atoms with E-state index in [1.807, 2.05) is 24.3 Å². The Hall–Kier alpha value is -2.08. The van der Waals surface area contributed by atoms with Crippen molar-refractivity contribution in [2.75, 3.05) is 0 Å². The molecular formula is C14H14N2O. The van der Waals surface area contributed by atoms with Crippen molar-refractivity contribution in [3.63, 3.8) is 0 Å². The average molecular weight is 226 g/mol. The number of aromatic nitrogens is 1. The molecule has 1 aromatic carbocycles. The smallest absolute Gasteiger partial charge is 0.207 e. The lowest BCUT2D eigenvalue weighted by molar-refractivity contribution is 0.734. The number of hydrogen-bond acceptors (Lipinski definition) is 2. The maximum atomic E-state index is 12.0. The molecule has 0 saturated carbocycles. The molecule has 1 aromatic heterocycles. The normalized spacial score (nSPS) is 12.3. The SMILES string of the molecule is CCC(C)c1ccc2[nH]cc(C#N)c(=O)c2c1. The number of H-pyrrole nitrogens is 1. The molecule has 0 saturated heterocycles. The molecule has 1 heterocycles. The molecule has 0 aliphatic rings. The van der Waals surface area contributed by atoms with E-state index in [4.69, 9.17) is 5.26 Å². The van der Waals surface area contributed by atoms with Gasteiger partial charge in [0.15, 0.2) is 0 Å². The molecule has 2 aromatic rings. The molecule has 0 radical (unpaired) electrons. The topological polar surface area (TPSA) is 56.6 Å². The molecule has 2 rings (SSSR count). The Morgan fingerprint density at radius 2 is 2.24 bits per heavy atom. The average Bonchev–Trinajstić information content (AvgIpc) is 2.38. The Morgan fingerprint density at radius 1 is 1.47 bits per heavy atom. The Kier molecular flexibility index (Phi) is 2.97. The first kappa shape index (κ1) is 11.4. The summed E-state index contributed by atoms with van der Waals surface area (Å²) >= 11 is 0. The molecule has 0 aliphatic heterocycles. The van der Waals surface area contributed by atoms with Crippen LogP contribution in [0.25, 0.3) is 10.9 Å². The third-order valence-electron chi connectivity index (χ3n) is 3.21. The van der Waals surface area contributed by atoms with Gasteiger partial charge >= 0.3 is 0 Å². The number of nitrogens with zero attached hydrogens (tertiary/aromatic N) is 1. The van der Waals surface area contributed by atoms with Crippen molar-refractivity contribution in [1.82, 2.24) is 4.98 Å². The summed E-state index contributed by atoms with van der Waals surface area (Å²) in [5.74, 6) is 0.421. The molecule has 3 heteroatoms. The molecule has 0 bridgehead atoms. The van der Waals surface area contributed by atoms with Crippen LogP contribution in [0.3, 0.4) is 0 Å². The highest BCUT2D eigenvalue weighted by Gasteiger charge is 2.08. The lowest BCUT2D eigenvalue weighted by atomic mass is 9.97. The van der Waals surface area contributed by atoms with Gasteiger partial charge in [-0.3, -0.25) is 4.79 Å². The molecule has 1 atom stereocenters. The van der Waals surface area contributed by atoms with Crippen LogP contribution >= 0.6 is 0 Å². The van der Waals surface area contributed by atoms with Crippen LogP contribution in [0.1, 0.15) is 37.3 Å². The van der Waals surface area contributed by atoms with E-state index in [1.165, 1.54) is 6.20 Å². The molecule has 3 nitrogen and oxygen atoms in total. The highest BCUT2D eigenvalue weighted by molar-refractivity contribution is 5.80. The Morgan fingerprint density at radius 3 is 2.88 bits per heavy atom. The van der Waals surface area contributed by atoms with Crippen LogP contribution in [-0.4, -0.2) is 4.98 Å². The zero-order chi connectivity index (χ0) is 12.4. The van der Waals surface area contributed by atoms with Crippen molar-refractivity contribution < 1.29 is 0 Å². The van der Waals surface area contributed by atoms with Crippen LogP contribution in [0.2, 0.25) is 0 Å². The minimum absolute atomic E-state index is 0.166. The van der Waals surface area contributed by atoms with Gasteiger partial charge in [0.2, 0.25) is 5.43 Å². The molecule has 1 unspecified atom stereocenters. The van der Waals surface area contributed by atoms with Crippen molar-refractivity contribution in [3.8, 4) is 6.07 Å². The number of aromatic amines is 1. The van der Waals surface area contributed by atoms with E-state index in [0.29, 0.717) is 11.3 Å². The predicted molar refractivity (Wildman–Crippen MR) is 68.0 cm³/mol. The molecule has 86 valence electrons. The van der Waals surface area contributed by atoms with Crippen molar-refractivity contribution >= 4 is 10.9 Å². The maximum Gasteiger partial charge on any atom is 0.207 e. The van der Waals surface area contributed by atoms with E-state index in [2.05, 4.69) is 18.8 Å². The molecular weight excluding hydrogens is 212 g/mol. The van der Waals surface area contributed by atoms with Gasteiger partial charge in [-0.15, -0.1) is 0 Å². The number of nitrogens with one attached hydrogen (secondary N) is 1. The van der Waals surface area contributed by atoms with Crippen LogP contribution in [0, 0.1) is 11.3 Å². The highest BCUT2D eigenvalue weighted by Crippen LogP contribution is 2.21. The molecule has 0 aliphatic carbocycles. The second kappa shape index (κ2) is 4.42. The summed E-state index contributed by atoms with van der Waals surface area (Å²) in [7, 11) is 0. The van der Waals surface area contributed by atoms with E-state index in [0.717, 1.165) is 17.5 Å². The third-order valence-corrected chi connectivity index (χ3v) is 3.21. The Balaban J connectivity index is 2.72. The number of fused-ring (bicyclic) bond motifs is 1. The molecule has 17 heavy (non-hydrogen) atoms. The number of benzene rings is 1. The van der Waals surface area contributed by atoms with Crippen LogP contribution in [-0.2, 0) is 0 Å². The molecule has 1 N–H and O–H groups in total. The van der Waals surface area contributed by atoms with Crippen LogP contribution in [0.4, 0.5) is 0 Å². The third kappa shape index (κ3) is 1.94. The minimum atomic E-state index is -0.189. The van der Waals surface area contributed by atoms with Gasteiger partial charge in [-0.05, 0) is 30.0 Å². The summed E-state index contributed by atoms with van der Waals surface area (Å²) in [6, 6.07) is 7.73. The van der Waals surface area contributed by atoms with Gasteiger partial charge in [-0.1, -0.05) is 19.9 Å².